The van der Waals surface area contributed by atoms with Gasteiger partial charge in [-0.1, -0.05) is 27.5 Å². The van der Waals surface area contributed by atoms with Crippen LogP contribution >= 0.6 is 27.5 Å². The Labute approximate surface area is 158 Å². The van der Waals surface area contributed by atoms with E-state index < -0.39 is 0 Å². The van der Waals surface area contributed by atoms with E-state index >= 15 is 0 Å². The molecule has 1 aromatic heterocycles. The van der Waals surface area contributed by atoms with Crippen LogP contribution in [-0.2, 0) is 0 Å². The van der Waals surface area contributed by atoms with Crippen molar-refractivity contribution in [1.82, 2.24) is 15.0 Å². The molecular weight excluding hydrogens is 406 g/mol. The van der Waals surface area contributed by atoms with Gasteiger partial charge in [-0.05, 0) is 49.4 Å². The first-order valence-electron chi connectivity index (χ1n) is 7.52. The normalized spacial score (nSPS) is 10.5. The minimum Gasteiger partial charge on any atom is -0.493 e. The van der Waals surface area contributed by atoms with E-state index in [0.717, 1.165) is 10.2 Å². The summed E-state index contributed by atoms with van der Waals surface area (Å²) in [6.45, 7) is 2.42. The SMILES string of the molecule is CCOc1ccc(Cl)cc1-c1nc(N)nc(Nc2ccc(Br)cc2)n1. The van der Waals surface area contributed by atoms with Crippen LogP contribution in [0, 0.1) is 0 Å². The molecule has 2 aromatic carbocycles. The lowest BCUT2D eigenvalue weighted by molar-refractivity contribution is 0.341. The summed E-state index contributed by atoms with van der Waals surface area (Å²) in [5.74, 6) is 1.46. The molecule has 0 aliphatic rings. The van der Waals surface area contributed by atoms with E-state index in [2.05, 4.69) is 36.2 Å². The molecule has 0 saturated carbocycles. The van der Waals surface area contributed by atoms with Crippen LogP contribution < -0.4 is 15.8 Å². The fourth-order valence-corrected chi connectivity index (χ4v) is 2.63. The molecule has 0 bridgehead atoms. The zero-order valence-corrected chi connectivity index (χ0v) is 15.7. The second kappa shape index (κ2) is 7.67. The molecule has 3 rings (SSSR count). The number of halogens is 2. The zero-order valence-electron chi connectivity index (χ0n) is 13.3. The van der Waals surface area contributed by atoms with Crippen molar-refractivity contribution < 1.29 is 4.74 Å². The Morgan fingerprint density at radius 3 is 2.60 bits per heavy atom. The predicted molar refractivity (Wildman–Crippen MR) is 103 cm³/mol. The fourth-order valence-electron chi connectivity index (χ4n) is 2.19. The zero-order chi connectivity index (χ0) is 17.8. The third kappa shape index (κ3) is 4.37. The van der Waals surface area contributed by atoms with Crippen LogP contribution in [0.5, 0.6) is 5.75 Å². The Morgan fingerprint density at radius 2 is 1.88 bits per heavy atom. The number of nitrogens with zero attached hydrogens (tertiary/aromatic N) is 3. The Bertz CT molecular complexity index is 889. The van der Waals surface area contributed by atoms with Gasteiger partial charge in [0.15, 0.2) is 5.82 Å². The first kappa shape index (κ1) is 17.4. The van der Waals surface area contributed by atoms with E-state index in [0.29, 0.717) is 34.7 Å². The van der Waals surface area contributed by atoms with Crippen LogP contribution in [0.4, 0.5) is 17.6 Å². The number of nitrogens with one attached hydrogen (secondary N) is 1. The molecule has 6 nitrogen and oxygen atoms in total. The molecule has 0 amide bonds. The molecule has 3 aromatic rings. The van der Waals surface area contributed by atoms with Crippen molar-refractivity contribution in [2.24, 2.45) is 0 Å². The number of hydrogen-bond donors (Lipinski definition) is 2. The van der Waals surface area contributed by atoms with E-state index in [1.54, 1.807) is 18.2 Å². The topological polar surface area (TPSA) is 86.0 Å². The summed E-state index contributed by atoms with van der Waals surface area (Å²) in [4.78, 5) is 12.8. The summed E-state index contributed by atoms with van der Waals surface area (Å²) >= 11 is 9.51. The maximum atomic E-state index is 6.11. The molecule has 0 spiro atoms. The summed E-state index contributed by atoms with van der Waals surface area (Å²) in [6.07, 6.45) is 0. The second-order valence-corrected chi connectivity index (χ2v) is 6.40. The second-order valence-electron chi connectivity index (χ2n) is 5.05. The molecule has 0 saturated heterocycles. The molecule has 0 fully saturated rings. The minimum atomic E-state index is 0.104. The monoisotopic (exact) mass is 419 g/mol. The van der Waals surface area contributed by atoms with Crippen LogP contribution in [0.15, 0.2) is 46.9 Å². The van der Waals surface area contributed by atoms with Crippen molar-refractivity contribution in [3.05, 3.63) is 52.0 Å². The number of ether oxygens (including phenoxy) is 1. The molecule has 1 heterocycles. The van der Waals surface area contributed by atoms with Gasteiger partial charge in [0.25, 0.3) is 0 Å². The first-order chi connectivity index (χ1) is 12.0. The van der Waals surface area contributed by atoms with Gasteiger partial charge in [-0.15, -0.1) is 0 Å². The van der Waals surface area contributed by atoms with Crippen molar-refractivity contribution in [3.63, 3.8) is 0 Å². The maximum Gasteiger partial charge on any atom is 0.232 e. The molecule has 0 aliphatic carbocycles. The number of nitrogens with two attached hydrogens (primary N) is 1. The summed E-state index contributed by atoms with van der Waals surface area (Å²) in [7, 11) is 0. The van der Waals surface area contributed by atoms with Crippen LogP contribution in [0.2, 0.25) is 5.02 Å². The highest BCUT2D eigenvalue weighted by atomic mass is 79.9. The number of anilines is 3. The van der Waals surface area contributed by atoms with Gasteiger partial charge in [-0.3, -0.25) is 0 Å². The summed E-state index contributed by atoms with van der Waals surface area (Å²) in [5, 5.41) is 3.67. The average molecular weight is 421 g/mol. The smallest absolute Gasteiger partial charge is 0.232 e. The van der Waals surface area contributed by atoms with Crippen molar-refractivity contribution in [2.75, 3.05) is 17.7 Å². The fraction of sp³-hybridized carbons (Fsp3) is 0.118. The van der Waals surface area contributed by atoms with Crippen molar-refractivity contribution in [1.29, 1.82) is 0 Å². The van der Waals surface area contributed by atoms with Crippen LogP contribution in [0.1, 0.15) is 6.92 Å². The highest BCUT2D eigenvalue weighted by molar-refractivity contribution is 9.10. The van der Waals surface area contributed by atoms with E-state index in [-0.39, 0.29) is 5.95 Å². The van der Waals surface area contributed by atoms with E-state index in [1.807, 2.05) is 31.2 Å². The van der Waals surface area contributed by atoms with Crippen molar-refractivity contribution in [3.8, 4) is 17.1 Å². The Morgan fingerprint density at radius 1 is 1.12 bits per heavy atom. The Balaban J connectivity index is 1.99. The third-order valence-corrected chi connectivity index (χ3v) is 4.00. The molecular formula is C17H15BrClN5O. The van der Waals surface area contributed by atoms with Crippen LogP contribution in [0.25, 0.3) is 11.4 Å². The Hall–Kier alpha value is -2.38. The molecule has 0 atom stereocenters. The number of hydrogen-bond acceptors (Lipinski definition) is 6. The quantitative estimate of drug-likeness (QED) is 0.623. The highest BCUT2D eigenvalue weighted by Gasteiger charge is 2.13. The summed E-state index contributed by atoms with van der Waals surface area (Å²) in [6, 6.07) is 12.9. The number of benzene rings is 2. The lowest BCUT2D eigenvalue weighted by atomic mass is 10.2. The molecule has 3 N–H and O–H groups in total. The van der Waals surface area contributed by atoms with Gasteiger partial charge >= 0.3 is 0 Å². The lowest BCUT2D eigenvalue weighted by Crippen LogP contribution is -2.06. The van der Waals surface area contributed by atoms with Gasteiger partial charge < -0.3 is 15.8 Å². The van der Waals surface area contributed by atoms with Crippen molar-refractivity contribution >= 4 is 45.1 Å². The van der Waals surface area contributed by atoms with Gasteiger partial charge in [0.2, 0.25) is 11.9 Å². The molecule has 0 unspecified atom stereocenters. The molecule has 25 heavy (non-hydrogen) atoms. The highest BCUT2D eigenvalue weighted by Crippen LogP contribution is 2.31. The van der Waals surface area contributed by atoms with E-state index in [1.165, 1.54) is 0 Å². The summed E-state index contributed by atoms with van der Waals surface area (Å²) < 4.78 is 6.61. The number of rotatable bonds is 5. The average Bonchev–Trinajstić information content (AvgIpc) is 2.58. The van der Waals surface area contributed by atoms with Crippen LogP contribution in [-0.4, -0.2) is 21.6 Å². The molecule has 0 radical (unpaired) electrons. The summed E-state index contributed by atoms with van der Waals surface area (Å²) in [5.41, 5.74) is 7.34. The van der Waals surface area contributed by atoms with E-state index in [4.69, 9.17) is 22.1 Å². The maximum absolute atomic E-state index is 6.11. The molecule has 128 valence electrons. The minimum absolute atomic E-state index is 0.104. The van der Waals surface area contributed by atoms with Gasteiger partial charge in [-0.25, -0.2) is 0 Å². The van der Waals surface area contributed by atoms with Gasteiger partial charge in [-0.2, -0.15) is 15.0 Å². The lowest BCUT2D eigenvalue weighted by Gasteiger charge is -2.11. The molecule has 8 heteroatoms. The number of nitrogen functional groups attached to an aromatic ring is 1. The predicted octanol–water partition coefficient (Wildman–Crippen LogP) is 4.68. The number of aromatic nitrogens is 3. The largest absolute Gasteiger partial charge is 0.493 e. The molecule has 0 aliphatic heterocycles. The third-order valence-electron chi connectivity index (χ3n) is 3.24. The van der Waals surface area contributed by atoms with Crippen molar-refractivity contribution in [2.45, 2.75) is 6.92 Å². The van der Waals surface area contributed by atoms with Gasteiger partial charge in [0.1, 0.15) is 5.75 Å². The van der Waals surface area contributed by atoms with Crippen LogP contribution in [0.3, 0.4) is 0 Å². The first-order valence-corrected chi connectivity index (χ1v) is 8.69. The Kier molecular flexibility index (Phi) is 5.35. The van der Waals surface area contributed by atoms with Gasteiger partial charge in [0, 0.05) is 15.2 Å². The van der Waals surface area contributed by atoms with Gasteiger partial charge in [0.05, 0.1) is 12.2 Å². The standard InChI is InChI=1S/C17H15BrClN5O/c1-2-25-14-8-5-11(19)9-13(14)15-22-16(20)24-17(23-15)21-12-6-3-10(18)4-7-12/h3-9H,2H2,1H3,(H3,20,21,22,23,24). The van der Waals surface area contributed by atoms with E-state index in [9.17, 15) is 0 Å².